The summed E-state index contributed by atoms with van der Waals surface area (Å²) in [6.45, 7) is 1.86. The van der Waals surface area contributed by atoms with Crippen LogP contribution in [0.25, 0.3) is 10.8 Å². The molecule has 0 atom stereocenters. The first kappa shape index (κ1) is 18.9. The van der Waals surface area contributed by atoms with E-state index in [1.54, 1.807) is 18.2 Å². The molecule has 1 N–H and O–H groups in total. The summed E-state index contributed by atoms with van der Waals surface area (Å²) in [7, 11) is -3.74. The molecule has 3 aromatic carbocycles. The second kappa shape index (κ2) is 7.32. The molecule has 0 radical (unpaired) electrons. The predicted molar refractivity (Wildman–Crippen MR) is 120 cm³/mol. The molecule has 0 bridgehead atoms. The van der Waals surface area contributed by atoms with Gasteiger partial charge in [0.25, 0.3) is 10.0 Å². The van der Waals surface area contributed by atoms with Crippen molar-refractivity contribution in [3.8, 4) is 0 Å². The maximum absolute atomic E-state index is 13.0. The highest BCUT2D eigenvalue weighted by atomic mass is 32.2. The first-order valence-electron chi connectivity index (χ1n) is 10.2. The molecule has 6 nitrogen and oxygen atoms in total. The molecule has 2 aliphatic rings. The Kier molecular flexibility index (Phi) is 4.62. The van der Waals surface area contributed by atoms with Crippen molar-refractivity contribution in [3.05, 3.63) is 60.7 Å². The van der Waals surface area contributed by atoms with Gasteiger partial charge in [-0.1, -0.05) is 24.3 Å². The monoisotopic (exact) mass is 421 g/mol. The van der Waals surface area contributed by atoms with Gasteiger partial charge in [0, 0.05) is 29.9 Å². The second-order valence-corrected chi connectivity index (χ2v) is 9.62. The third-order valence-electron chi connectivity index (χ3n) is 5.84. The van der Waals surface area contributed by atoms with E-state index in [9.17, 15) is 13.2 Å². The average Bonchev–Trinajstić information content (AvgIpc) is 2.98. The van der Waals surface area contributed by atoms with E-state index in [0.717, 1.165) is 24.2 Å². The number of carbonyl (C=O) groups is 1. The van der Waals surface area contributed by atoms with Crippen molar-refractivity contribution in [1.29, 1.82) is 0 Å². The van der Waals surface area contributed by atoms with Crippen LogP contribution >= 0.6 is 0 Å². The number of nitrogens with zero attached hydrogens (tertiary/aromatic N) is 2. The molecular formula is C23H23N3O3S. The molecule has 5 rings (SSSR count). The molecule has 154 valence electrons. The summed E-state index contributed by atoms with van der Waals surface area (Å²) >= 11 is 0. The zero-order chi connectivity index (χ0) is 20.7. The van der Waals surface area contributed by atoms with Gasteiger partial charge in [0.2, 0.25) is 5.91 Å². The van der Waals surface area contributed by atoms with Crippen LogP contribution in [0.2, 0.25) is 0 Å². The van der Waals surface area contributed by atoms with Gasteiger partial charge < -0.3 is 10.2 Å². The maximum Gasteiger partial charge on any atom is 0.265 e. The summed E-state index contributed by atoms with van der Waals surface area (Å²) in [6.07, 6.45) is 3.69. The fourth-order valence-corrected chi connectivity index (χ4v) is 6.03. The van der Waals surface area contributed by atoms with Gasteiger partial charge in [0.1, 0.15) is 6.54 Å². The Balaban J connectivity index is 1.33. The van der Waals surface area contributed by atoms with Gasteiger partial charge in [-0.15, -0.1) is 0 Å². The fraction of sp³-hybridized carbons (Fsp3) is 0.261. The topological polar surface area (TPSA) is 69.7 Å². The fourth-order valence-electron chi connectivity index (χ4n) is 4.37. The van der Waals surface area contributed by atoms with Gasteiger partial charge >= 0.3 is 0 Å². The van der Waals surface area contributed by atoms with Crippen molar-refractivity contribution in [1.82, 2.24) is 0 Å². The van der Waals surface area contributed by atoms with Crippen molar-refractivity contribution in [2.24, 2.45) is 0 Å². The lowest BCUT2D eigenvalue weighted by Crippen LogP contribution is -2.35. The number of rotatable bonds is 4. The normalized spacial score (nSPS) is 17.3. The van der Waals surface area contributed by atoms with Gasteiger partial charge in [0.05, 0.1) is 10.6 Å². The van der Waals surface area contributed by atoms with Crippen molar-refractivity contribution in [3.63, 3.8) is 0 Å². The Morgan fingerprint density at radius 3 is 2.33 bits per heavy atom. The van der Waals surface area contributed by atoms with Crippen LogP contribution in [0.3, 0.4) is 0 Å². The van der Waals surface area contributed by atoms with E-state index >= 15 is 0 Å². The van der Waals surface area contributed by atoms with Crippen LogP contribution in [-0.4, -0.2) is 34.0 Å². The summed E-state index contributed by atoms with van der Waals surface area (Å²) < 4.78 is 27.2. The first-order valence-corrected chi connectivity index (χ1v) is 11.7. The van der Waals surface area contributed by atoms with Crippen molar-refractivity contribution >= 4 is 43.8 Å². The molecule has 0 saturated carbocycles. The molecule has 30 heavy (non-hydrogen) atoms. The summed E-state index contributed by atoms with van der Waals surface area (Å²) in [5, 5.41) is 4.36. The minimum absolute atomic E-state index is 0.259. The van der Waals surface area contributed by atoms with Gasteiger partial charge in [-0.3, -0.25) is 9.10 Å². The van der Waals surface area contributed by atoms with Gasteiger partial charge in [0.15, 0.2) is 0 Å². The summed E-state index contributed by atoms with van der Waals surface area (Å²) in [5.41, 5.74) is 2.36. The predicted octanol–water partition coefficient (Wildman–Crippen LogP) is 3.98. The van der Waals surface area contributed by atoms with E-state index in [1.165, 1.54) is 23.6 Å². The van der Waals surface area contributed by atoms with Gasteiger partial charge in [-0.25, -0.2) is 8.42 Å². The number of amides is 1. The van der Waals surface area contributed by atoms with Crippen LogP contribution in [0.15, 0.2) is 65.6 Å². The molecule has 1 amide bonds. The second-order valence-electron chi connectivity index (χ2n) is 7.79. The highest BCUT2D eigenvalue weighted by molar-refractivity contribution is 7.93. The molecule has 7 heteroatoms. The third kappa shape index (κ3) is 3.19. The van der Waals surface area contributed by atoms with E-state index in [2.05, 4.69) is 10.2 Å². The zero-order valence-electron chi connectivity index (χ0n) is 16.5. The molecule has 1 fully saturated rings. The number of benzene rings is 3. The molecule has 2 aliphatic heterocycles. The molecule has 0 spiro atoms. The Morgan fingerprint density at radius 1 is 0.900 bits per heavy atom. The summed E-state index contributed by atoms with van der Waals surface area (Å²) in [5.74, 6) is -0.367. The SMILES string of the molecule is O=C(CN1c2cccc3cccc(c23)S1(=O)=O)Nc1ccc(N2CCCCC2)cc1. The zero-order valence-corrected chi connectivity index (χ0v) is 17.4. The van der Waals surface area contributed by atoms with E-state index in [4.69, 9.17) is 0 Å². The average molecular weight is 422 g/mol. The van der Waals surface area contributed by atoms with E-state index < -0.39 is 10.0 Å². The Labute approximate surface area is 176 Å². The lowest BCUT2D eigenvalue weighted by molar-refractivity contribution is -0.114. The molecule has 2 heterocycles. The van der Waals surface area contributed by atoms with Crippen molar-refractivity contribution in [2.45, 2.75) is 24.2 Å². The van der Waals surface area contributed by atoms with Crippen LogP contribution in [0.1, 0.15) is 19.3 Å². The van der Waals surface area contributed by atoms with Crippen LogP contribution in [0.5, 0.6) is 0 Å². The Bertz CT molecular complexity index is 1210. The van der Waals surface area contributed by atoms with Crippen LogP contribution in [-0.2, 0) is 14.8 Å². The van der Waals surface area contributed by atoms with Crippen LogP contribution in [0.4, 0.5) is 17.1 Å². The van der Waals surface area contributed by atoms with E-state index in [-0.39, 0.29) is 17.3 Å². The van der Waals surface area contributed by atoms with Crippen LogP contribution in [0, 0.1) is 0 Å². The summed E-state index contributed by atoms with van der Waals surface area (Å²) in [6, 6.07) is 18.4. The van der Waals surface area contributed by atoms with Crippen LogP contribution < -0.4 is 14.5 Å². The smallest absolute Gasteiger partial charge is 0.265 e. The number of piperidine rings is 1. The van der Waals surface area contributed by atoms with E-state index in [0.29, 0.717) is 16.8 Å². The Morgan fingerprint density at radius 2 is 1.60 bits per heavy atom. The summed E-state index contributed by atoms with van der Waals surface area (Å²) in [4.78, 5) is 15.3. The lowest BCUT2D eigenvalue weighted by Gasteiger charge is -2.28. The number of nitrogens with one attached hydrogen (secondary N) is 1. The molecule has 3 aromatic rings. The molecule has 0 unspecified atom stereocenters. The number of sulfonamides is 1. The lowest BCUT2D eigenvalue weighted by atomic mass is 10.1. The third-order valence-corrected chi connectivity index (χ3v) is 7.64. The minimum atomic E-state index is -3.74. The minimum Gasteiger partial charge on any atom is -0.372 e. The number of carbonyl (C=O) groups excluding carboxylic acids is 1. The van der Waals surface area contributed by atoms with Gasteiger partial charge in [-0.2, -0.15) is 0 Å². The van der Waals surface area contributed by atoms with E-state index in [1.807, 2.05) is 42.5 Å². The standard InChI is InChI=1S/C23H23N3O3S/c27-22(24-18-10-12-19(13-11-18)25-14-2-1-3-15-25)16-26-20-8-4-6-17-7-5-9-21(23(17)20)30(26,28)29/h4-13H,1-3,14-16H2,(H,24,27). The number of hydrogen-bond donors (Lipinski definition) is 1. The molecular weight excluding hydrogens is 398 g/mol. The number of hydrogen-bond acceptors (Lipinski definition) is 4. The van der Waals surface area contributed by atoms with Gasteiger partial charge in [-0.05, 0) is 61.0 Å². The van der Waals surface area contributed by atoms with Crippen molar-refractivity contribution < 1.29 is 13.2 Å². The molecule has 1 saturated heterocycles. The highest BCUT2D eigenvalue weighted by Gasteiger charge is 2.36. The quantitative estimate of drug-likeness (QED) is 0.692. The molecule has 0 aromatic heterocycles. The molecule has 0 aliphatic carbocycles. The van der Waals surface area contributed by atoms with Crippen molar-refractivity contribution in [2.75, 3.05) is 34.2 Å². The largest absolute Gasteiger partial charge is 0.372 e. The Hall–Kier alpha value is -3.06. The first-order chi connectivity index (χ1) is 14.5. The maximum atomic E-state index is 13.0. The highest BCUT2D eigenvalue weighted by Crippen LogP contribution is 2.41. The number of anilines is 3.